The maximum Gasteiger partial charge on any atom is 0.265 e. The van der Waals surface area contributed by atoms with Crippen molar-refractivity contribution in [3.05, 3.63) is 47.6 Å². The predicted molar refractivity (Wildman–Crippen MR) is 91.9 cm³/mol. The van der Waals surface area contributed by atoms with Gasteiger partial charge in [-0.1, -0.05) is 0 Å². The van der Waals surface area contributed by atoms with Crippen LogP contribution in [0.3, 0.4) is 0 Å². The number of amides is 1. The largest absolute Gasteiger partial charge is 0.486 e. The van der Waals surface area contributed by atoms with Crippen molar-refractivity contribution >= 4 is 22.9 Å². The summed E-state index contributed by atoms with van der Waals surface area (Å²) in [6, 6.07) is 9.58. The number of anilines is 1. The molecule has 1 aliphatic rings. The standard InChI is InChI=1S/C17H15N3O3S/c1-20-10-12(9-18-20)19-17(21)16-5-4-15(24-16)11-2-3-13-14(8-11)23-7-6-22-13/h2-5,8-10H,6-7H2,1H3,(H,19,21). The summed E-state index contributed by atoms with van der Waals surface area (Å²) in [7, 11) is 1.81. The Morgan fingerprint density at radius 3 is 2.83 bits per heavy atom. The van der Waals surface area contributed by atoms with Crippen LogP contribution in [0, 0.1) is 0 Å². The number of nitrogens with one attached hydrogen (secondary N) is 1. The van der Waals surface area contributed by atoms with Gasteiger partial charge >= 0.3 is 0 Å². The molecule has 4 rings (SSSR count). The van der Waals surface area contributed by atoms with E-state index in [0.717, 1.165) is 21.9 Å². The average Bonchev–Trinajstić information content (AvgIpc) is 3.24. The second-order valence-corrected chi connectivity index (χ2v) is 6.46. The molecular weight excluding hydrogens is 326 g/mol. The minimum atomic E-state index is -0.142. The van der Waals surface area contributed by atoms with E-state index in [4.69, 9.17) is 9.47 Å². The zero-order valence-corrected chi connectivity index (χ0v) is 13.8. The monoisotopic (exact) mass is 341 g/mol. The molecule has 6 nitrogen and oxygen atoms in total. The number of hydrogen-bond donors (Lipinski definition) is 1. The molecule has 0 bridgehead atoms. The molecule has 0 radical (unpaired) electrons. The van der Waals surface area contributed by atoms with Crippen molar-refractivity contribution in [3.63, 3.8) is 0 Å². The van der Waals surface area contributed by atoms with E-state index < -0.39 is 0 Å². The Morgan fingerprint density at radius 1 is 1.21 bits per heavy atom. The molecule has 2 aromatic heterocycles. The van der Waals surface area contributed by atoms with Crippen LogP contribution in [0.4, 0.5) is 5.69 Å². The highest BCUT2D eigenvalue weighted by atomic mass is 32.1. The number of nitrogens with zero attached hydrogens (tertiary/aromatic N) is 2. The highest BCUT2D eigenvalue weighted by molar-refractivity contribution is 7.17. The molecule has 0 saturated heterocycles. The maximum absolute atomic E-state index is 12.3. The number of carbonyl (C=O) groups excluding carboxylic acids is 1. The second-order valence-electron chi connectivity index (χ2n) is 5.38. The second kappa shape index (κ2) is 6.01. The summed E-state index contributed by atoms with van der Waals surface area (Å²) in [5.41, 5.74) is 1.68. The first-order valence-corrected chi connectivity index (χ1v) is 8.30. The van der Waals surface area contributed by atoms with E-state index in [1.807, 2.05) is 30.3 Å². The summed E-state index contributed by atoms with van der Waals surface area (Å²) in [5, 5.41) is 6.87. The lowest BCUT2D eigenvalue weighted by Crippen LogP contribution is -2.15. The lowest BCUT2D eigenvalue weighted by atomic mass is 10.1. The summed E-state index contributed by atoms with van der Waals surface area (Å²) in [6.07, 6.45) is 3.38. The molecule has 1 N–H and O–H groups in total. The number of aryl methyl sites for hydroxylation is 1. The summed E-state index contributed by atoms with van der Waals surface area (Å²) >= 11 is 1.44. The predicted octanol–water partition coefficient (Wildman–Crippen LogP) is 3.17. The van der Waals surface area contributed by atoms with Gasteiger partial charge in [-0.05, 0) is 35.9 Å². The van der Waals surface area contributed by atoms with Crippen LogP contribution in [-0.2, 0) is 7.05 Å². The third-order valence-corrected chi connectivity index (χ3v) is 4.75. The molecule has 0 atom stereocenters. The first-order valence-electron chi connectivity index (χ1n) is 7.49. The van der Waals surface area contributed by atoms with Gasteiger partial charge in [0.15, 0.2) is 11.5 Å². The first-order chi connectivity index (χ1) is 11.7. The van der Waals surface area contributed by atoms with E-state index in [1.165, 1.54) is 11.3 Å². The minimum absolute atomic E-state index is 0.142. The molecule has 7 heteroatoms. The fraction of sp³-hybridized carbons (Fsp3) is 0.176. The SMILES string of the molecule is Cn1cc(NC(=O)c2ccc(-c3ccc4c(c3)OCCO4)s2)cn1. The van der Waals surface area contributed by atoms with Crippen molar-refractivity contribution in [2.24, 2.45) is 7.05 Å². The Labute approximate surface area is 142 Å². The smallest absolute Gasteiger partial charge is 0.265 e. The molecule has 0 fully saturated rings. The van der Waals surface area contributed by atoms with Crippen molar-refractivity contribution in [3.8, 4) is 21.9 Å². The zero-order chi connectivity index (χ0) is 16.5. The van der Waals surface area contributed by atoms with Gasteiger partial charge in [-0.25, -0.2) is 0 Å². The Kier molecular flexibility index (Phi) is 3.70. The molecule has 3 heterocycles. The number of fused-ring (bicyclic) bond motifs is 1. The summed E-state index contributed by atoms with van der Waals surface area (Å²) in [4.78, 5) is 14.0. The van der Waals surface area contributed by atoms with Crippen molar-refractivity contribution in [1.29, 1.82) is 0 Å². The number of ether oxygens (including phenoxy) is 2. The molecule has 1 aliphatic heterocycles. The summed E-state index contributed by atoms with van der Waals surface area (Å²) in [5.74, 6) is 1.36. The van der Waals surface area contributed by atoms with Crippen LogP contribution in [0.15, 0.2) is 42.7 Å². The van der Waals surface area contributed by atoms with Gasteiger partial charge in [-0.2, -0.15) is 5.10 Å². The third kappa shape index (κ3) is 2.85. The van der Waals surface area contributed by atoms with Gasteiger partial charge in [0.05, 0.1) is 16.8 Å². The molecule has 0 aliphatic carbocycles. The molecule has 1 amide bonds. The van der Waals surface area contributed by atoms with E-state index in [-0.39, 0.29) is 5.91 Å². The fourth-order valence-corrected chi connectivity index (χ4v) is 3.39. The molecule has 1 aromatic carbocycles. The number of thiophene rings is 1. The molecule has 122 valence electrons. The van der Waals surface area contributed by atoms with Gasteiger partial charge in [0, 0.05) is 18.1 Å². The number of rotatable bonds is 3. The van der Waals surface area contributed by atoms with Crippen LogP contribution in [0.1, 0.15) is 9.67 Å². The third-order valence-electron chi connectivity index (χ3n) is 3.62. The molecule has 24 heavy (non-hydrogen) atoms. The number of aromatic nitrogens is 2. The molecule has 0 unspecified atom stereocenters. The summed E-state index contributed by atoms with van der Waals surface area (Å²) in [6.45, 7) is 1.13. The molecule has 3 aromatic rings. The molecule has 0 spiro atoms. The minimum Gasteiger partial charge on any atom is -0.486 e. The van der Waals surface area contributed by atoms with E-state index in [2.05, 4.69) is 10.4 Å². The topological polar surface area (TPSA) is 65.4 Å². The Balaban J connectivity index is 1.55. The van der Waals surface area contributed by atoms with Gasteiger partial charge in [0.2, 0.25) is 0 Å². The van der Waals surface area contributed by atoms with Crippen LogP contribution in [0.25, 0.3) is 10.4 Å². The van der Waals surface area contributed by atoms with Gasteiger partial charge in [0.25, 0.3) is 5.91 Å². The normalized spacial score (nSPS) is 12.9. The van der Waals surface area contributed by atoms with Gasteiger partial charge in [-0.15, -0.1) is 11.3 Å². The van der Waals surface area contributed by atoms with E-state index in [9.17, 15) is 4.79 Å². The highest BCUT2D eigenvalue weighted by Crippen LogP contribution is 2.37. The maximum atomic E-state index is 12.3. The van der Waals surface area contributed by atoms with Crippen LogP contribution >= 0.6 is 11.3 Å². The molecule has 0 saturated carbocycles. The van der Waals surface area contributed by atoms with Crippen molar-refractivity contribution in [2.45, 2.75) is 0 Å². The van der Waals surface area contributed by atoms with Crippen LogP contribution in [0.2, 0.25) is 0 Å². The number of benzene rings is 1. The first kappa shape index (κ1) is 14.8. The molecular formula is C17H15N3O3S. The van der Waals surface area contributed by atoms with Crippen molar-refractivity contribution < 1.29 is 14.3 Å². The number of carbonyl (C=O) groups is 1. The van der Waals surface area contributed by atoms with Gasteiger partial charge in [-0.3, -0.25) is 9.48 Å². The van der Waals surface area contributed by atoms with Crippen molar-refractivity contribution in [1.82, 2.24) is 9.78 Å². The van der Waals surface area contributed by atoms with Crippen LogP contribution in [0.5, 0.6) is 11.5 Å². The lowest BCUT2D eigenvalue weighted by molar-refractivity contribution is 0.103. The van der Waals surface area contributed by atoms with Crippen LogP contribution in [-0.4, -0.2) is 28.9 Å². The quantitative estimate of drug-likeness (QED) is 0.795. The summed E-state index contributed by atoms with van der Waals surface area (Å²) < 4.78 is 12.8. The lowest BCUT2D eigenvalue weighted by Gasteiger charge is -2.18. The number of hydrogen-bond acceptors (Lipinski definition) is 5. The Morgan fingerprint density at radius 2 is 2.04 bits per heavy atom. The van der Waals surface area contributed by atoms with Crippen LogP contribution < -0.4 is 14.8 Å². The van der Waals surface area contributed by atoms with E-state index in [0.29, 0.717) is 23.8 Å². The van der Waals surface area contributed by atoms with Gasteiger partial charge < -0.3 is 14.8 Å². The zero-order valence-electron chi connectivity index (χ0n) is 13.0. The fourth-order valence-electron chi connectivity index (χ4n) is 2.49. The van der Waals surface area contributed by atoms with Crippen molar-refractivity contribution in [2.75, 3.05) is 18.5 Å². The Bertz CT molecular complexity index is 900. The average molecular weight is 341 g/mol. The Hall–Kier alpha value is -2.80. The van der Waals surface area contributed by atoms with Gasteiger partial charge in [0.1, 0.15) is 13.2 Å². The highest BCUT2D eigenvalue weighted by Gasteiger charge is 2.15. The van der Waals surface area contributed by atoms with E-state index in [1.54, 1.807) is 24.1 Å². The van der Waals surface area contributed by atoms with E-state index >= 15 is 0 Å².